The van der Waals surface area contributed by atoms with Gasteiger partial charge < -0.3 is 9.88 Å². The lowest BCUT2D eigenvalue weighted by Crippen LogP contribution is -2.27. The SMILES string of the molecule is C=CCn1c(CNc2ccc(I)cc2)nnc1SC(C)C(=O)N/N=C/c1ccc(F)cc1. The number of allylic oxidation sites excluding steroid dienone is 1. The van der Waals surface area contributed by atoms with E-state index in [1.54, 1.807) is 25.1 Å². The molecule has 1 amide bonds. The molecule has 1 atom stereocenters. The third kappa shape index (κ3) is 6.89. The Kier molecular flexibility index (Phi) is 8.80. The summed E-state index contributed by atoms with van der Waals surface area (Å²) in [5.41, 5.74) is 4.17. The van der Waals surface area contributed by atoms with E-state index in [4.69, 9.17) is 0 Å². The third-order valence-corrected chi connectivity index (χ3v) is 6.11. The Morgan fingerprint density at radius 3 is 2.66 bits per heavy atom. The number of thioether (sulfide) groups is 1. The first-order chi connectivity index (χ1) is 15.5. The highest BCUT2D eigenvalue weighted by Gasteiger charge is 2.19. The smallest absolute Gasteiger partial charge is 0.253 e. The zero-order valence-electron chi connectivity index (χ0n) is 17.3. The monoisotopic (exact) mass is 564 g/mol. The number of halogens is 2. The summed E-state index contributed by atoms with van der Waals surface area (Å²) in [6.07, 6.45) is 3.23. The van der Waals surface area contributed by atoms with Gasteiger partial charge in [0, 0.05) is 15.8 Å². The largest absolute Gasteiger partial charge is 0.378 e. The van der Waals surface area contributed by atoms with Gasteiger partial charge in [-0.1, -0.05) is 30.0 Å². The number of carbonyl (C=O) groups is 1. The van der Waals surface area contributed by atoms with E-state index in [0.29, 0.717) is 23.8 Å². The van der Waals surface area contributed by atoms with Crippen molar-refractivity contribution < 1.29 is 9.18 Å². The molecule has 166 valence electrons. The average molecular weight is 564 g/mol. The zero-order valence-corrected chi connectivity index (χ0v) is 20.3. The van der Waals surface area contributed by atoms with Crippen molar-refractivity contribution in [2.75, 3.05) is 5.32 Å². The first-order valence-electron chi connectivity index (χ1n) is 9.74. The minimum absolute atomic E-state index is 0.278. The van der Waals surface area contributed by atoms with Gasteiger partial charge in [0.2, 0.25) is 0 Å². The number of aromatic nitrogens is 3. The molecule has 3 rings (SSSR count). The van der Waals surface area contributed by atoms with E-state index in [2.05, 4.69) is 55.2 Å². The summed E-state index contributed by atoms with van der Waals surface area (Å²) in [6.45, 7) is 6.59. The lowest BCUT2D eigenvalue weighted by atomic mass is 10.2. The van der Waals surface area contributed by atoms with Crippen LogP contribution in [0.5, 0.6) is 0 Å². The molecule has 3 aromatic rings. The van der Waals surface area contributed by atoms with Crippen molar-refractivity contribution in [1.29, 1.82) is 0 Å². The minimum atomic E-state index is -0.454. The van der Waals surface area contributed by atoms with Crippen LogP contribution in [0.4, 0.5) is 10.1 Å². The number of hydrazone groups is 1. The quantitative estimate of drug-likeness (QED) is 0.125. The summed E-state index contributed by atoms with van der Waals surface area (Å²) < 4.78 is 16.0. The van der Waals surface area contributed by atoms with Gasteiger partial charge in [-0.05, 0) is 71.5 Å². The molecule has 0 bridgehead atoms. The summed E-state index contributed by atoms with van der Waals surface area (Å²) in [5.74, 6) is 0.140. The number of nitrogens with zero attached hydrogens (tertiary/aromatic N) is 4. The molecule has 1 heterocycles. The lowest BCUT2D eigenvalue weighted by molar-refractivity contribution is -0.120. The van der Waals surface area contributed by atoms with Crippen LogP contribution in [0.25, 0.3) is 0 Å². The van der Waals surface area contributed by atoms with Crippen LogP contribution in [0.2, 0.25) is 0 Å². The van der Waals surface area contributed by atoms with Crippen LogP contribution in [0.15, 0.2) is 71.4 Å². The molecule has 2 aromatic carbocycles. The summed E-state index contributed by atoms with van der Waals surface area (Å²) >= 11 is 3.55. The first kappa shape index (κ1) is 23.9. The van der Waals surface area contributed by atoms with Crippen molar-refractivity contribution in [3.63, 3.8) is 0 Å². The first-order valence-corrected chi connectivity index (χ1v) is 11.7. The molecule has 7 nitrogen and oxygen atoms in total. The zero-order chi connectivity index (χ0) is 22.9. The Labute approximate surface area is 203 Å². The third-order valence-electron chi connectivity index (χ3n) is 4.31. The number of amides is 1. The Balaban J connectivity index is 1.59. The van der Waals surface area contributed by atoms with E-state index < -0.39 is 5.25 Å². The van der Waals surface area contributed by atoms with Gasteiger partial charge >= 0.3 is 0 Å². The predicted molar refractivity (Wildman–Crippen MR) is 134 cm³/mol. The number of hydrogen-bond acceptors (Lipinski definition) is 6. The van der Waals surface area contributed by atoms with E-state index in [0.717, 1.165) is 15.1 Å². The highest BCUT2D eigenvalue weighted by Crippen LogP contribution is 2.23. The van der Waals surface area contributed by atoms with Crippen molar-refractivity contribution in [2.45, 2.75) is 30.4 Å². The van der Waals surface area contributed by atoms with Crippen LogP contribution in [-0.2, 0) is 17.9 Å². The molecule has 0 spiro atoms. The average Bonchev–Trinajstić information content (AvgIpc) is 3.16. The minimum Gasteiger partial charge on any atom is -0.378 e. The van der Waals surface area contributed by atoms with Gasteiger partial charge in [0.1, 0.15) is 5.82 Å². The lowest BCUT2D eigenvalue weighted by Gasteiger charge is -2.12. The summed E-state index contributed by atoms with van der Waals surface area (Å²) in [5, 5.41) is 16.0. The summed E-state index contributed by atoms with van der Waals surface area (Å²) in [6, 6.07) is 13.9. The van der Waals surface area contributed by atoms with Crippen molar-refractivity contribution in [1.82, 2.24) is 20.2 Å². The van der Waals surface area contributed by atoms with Gasteiger partial charge in [0.25, 0.3) is 5.91 Å². The van der Waals surface area contributed by atoms with Crippen LogP contribution < -0.4 is 10.7 Å². The van der Waals surface area contributed by atoms with Crippen molar-refractivity contribution in [3.05, 3.63) is 82.0 Å². The predicted octanol–water partition coefficient (Wildman–Crippen LogP) is 4.45. The van der Waals surface area contributed by atoms with E-state index in [1.165, 1.54) is 30.1 Å². The Morgan fingerprint density at radius 2 is 1.97 bits per heavy atom. The van der Waals surface area contributed by atoms with Crippen LogP contribution in [0, 0.1) is 9.39 Å². The van der Waals surface area contributed by atoms with Gasteiger partial charge in [-0.3, -0.25) is 4.79 Å². The molecule has 0 aliphatic carbocycles. The van der Waals surface area contributed by atoms with Crippen LogP contribution >= 0.6 is 34.4 Å². The standard InChI is InChI=1S/C22H22FIN6OS/c1-3-12-30-20(14-25-19-10-8-18(24)9-11-19)27-29-22(30)32-15(2)21(31)28-26-13-16-4-6-17(23)7-5-16/h3-11,13,15,25H,1,12,14H2,2H3,(H,28,31)/b26-13+. The molecule has 0 saturated carbocycles. The van der Waals surface area contributed by atoms with Gasteiger partial charge in [-0.2, -0.15) is 5.10 Å². The van der Waals surface area contributed by atoms with Crippen molar-refractivity contribution in [2.24, 2.45) is 5.10 Å². The highest BCUT2D eigenvalue weighted by atomic mass is 127. The van der Waals surface area contributed by atoms with Crippen LogP contribution in [0.1, 0.15) is 18.3 Å². The fourth-order valence-electron chi connectivity index (χ4n) is 2.62. The molecular formula is C22H22FIN6OS. The fraction of sp³-hybridized carbons (Fsp3) is 0.182. The van der Waals surface area contributed by atoms with Gasteiger partial charge in [0.05, 0.1) is 18.0 Å². The number of hydrogen-bond donors (Lipinski definition) is 2. The van der Waals surface area contributed by atoms with Gasteiger partial charge in [-0.15, -0.1) is 16.8 Å². The second-order valence-corrected chi connectivity index (χ2v) is 9.26. The molecule has 0 radical (unpaired) electrons. The number of rotatable bonds is 10. The molecule has 0 aliphatic heterocycles. The molecule has 0 fully saturated rings. The maximum Gasteiger partial charge on any atom is 0.253 e. The Bertz CT molecular complexity index is 1080. The van der Waals surface area contributed by atoms with Crippen LogP contribution in [0.3, 0.4) is 0 Å². The van der Waals surface area contributed by atoms with Crippen molar-refractivity contribution in [3.8, 4) is 0 Å². The number of benzene rings is 2. The van der Waals surface area contributed by atoms with E-state index in [-0.39, 0.29) is 11.7 Å². The molecule has 0 aliphatic rings. The maximum atomic E-state index is 12.9. The Hall–Kier alpha value is -2.73. The Morgan fingerprint density at radius 1 is 1.25 bits per heavy atom. The topological polar surface area (TPSA) is 84.2 Å². The van der Waals surface area contributed by atoms with E-state index in [9.17, 15) is 9.18 Å². The normalized spacial score (nSPS) is 12.0. The molecule has 2 N–H and O–H groups in total. The molecular weight excluding hydrogens is 542 g/mol. The molecule has 1 unspecified atom stereocenters. The number of nitrogens with one attached hydrogen (secondary N) is 2. The summed E-state index contributed by atoms with van der Waals surface area (Å²) in [4.78, 5) is 12.4. The maximum absolute atomic E-state index is 12.9. The molecule has 10 heteroatoms. The van der Waals surface area contributed by atoms with Crippen molar-refractivity contribution >= 4 is 52.2 Å². The summed E-state index contributed by atoms with van der Waals surface area (Å²) in [7, 11) is 0. The molecule has 0 saturated heterocycles. The second-order valence-electron chi connectivity index (χ2n) is 6.70. The van der Waals surface area contributed by atoms with Crippen LogP contribution in [-0.4, -0.2) is 32.1 Å². The van der Waals surface area contributed by atoms with E-state index in [1.807, 2.05) is 28.8 Å². The van der Waals surface area contributed by atoms with Gasteiger partial charge in [-0.25, -0.2) is 9.82 Å². The number of anilines is 1. The highest BCUT2D eigenvalue weighted by molar-refractivity contribution is 14.1. The molecule has 1 aromatic heterocycles. The van der Waals surface area contributed by atoms with Gasteiger partial charge in [0.15, 0.2) is 11.0 Å². The van der Waals surface area contributed by atoms with E-state index >= 15 is 0 Å². The molecule has 32 heavy (non-hydrogen) atoms. The number of carbonyl (C=O) groups excluding carboxylic acids is 1. The second kappa shape index (κ2) is 11.8. The fourth-order valence-corrected chi connectivity index (χ4v) is 3.85.